The molecule has 0 aromatic rings. The average molecular weight is 451 g/mol. The molecule has 170 valence electrons. The number of allylic oxidation sites excluding steroid dienone is 2. The molecule has 1 heterocycles. The average Bonchev–Trinajstić information content (AvgIpc) is 2.78. The van der Waals surface area contributed by atoms with Gasteiger partial charge in [0, 0.05) is 24.4 Å². The van der Waals surface area contributed by atoms with E-state index in [4.69, 9.17) is 0 Å². The minimum absolute atomic E-state index is 0.350. The molecule has 0 aromatic carbocycles. The Morgan fingerprint density at radius 2 is 1.40 bits per heavy atom. The van der Waals surface area contributed by atoms with Crippen LogP contribution in [0, 0.1) is 10.8 Å². The van der Waals surface area contributed by atoms with E-state index in [0.29, 0.717) is 0 Å². The van der Waals surface area contributed by atoms with Crippen molar-refractivity contribution in [2.24, 2.45) is 10.8 Å². The topological polar surface area (TPSA) is 37.4 Å². The molecule has 2 aliphatic rings. The summed E-state index contributed by atoms with van der Waals surface area (Å²) in [6, 6.07) is -0.624. The Morgan fingerprint density at radius 1 is 0.933 bits per heavy atom. The Labute approximate surface area is 165 Å². The van der Waals surface area contributed by atoms with Crippen LogP contribution in [-0.2, 0) is 9.59 Å². The Hall–Kier alpha value is -2.01. The van der Waals surface area contributed by atoms with Crippen LogP contribution in [0.15, 0.2) is 24.3 Å². The summed E-state index contributed by atoms with van der Waals surface area (Å²) < 4.78 is 120. The molecule has 1 fully saturated rings. The lowest BCUT2D eigenvalue weighted by atomic mass is 9.61. The van der Waals surface area contributed by atoms with E-state index in [1.165, 1.54) is 13.8 Å². The Morgan fingerprint density at radius 3 is 1.80 bits per heavy atom. The predicted molar refractivity (Wildman–Crippen MR) is 86.2 cm³/mol. The summed E-state index contributed by atoms with van der Waals surface area (Å²) in [6.45, 7) is 3.39. The fraction of sp³-hybridized carbons (Fsp3) is 0.667. The molecular formula is C18H18F9NO2. The monoisotopic (exact) mass is 451 g/mol. The van der Waals surface area contributed by atoms with E-state index < -0.39 is 58.9 Å². The van der Waals surface area contributed by atoms with E-state index in [0.717, 1.165) is 36.1 Å². The molecule has 1 aliphatic heterocycles. The molecule has 1 spiro atoms. The third-order valence-electron chi connectivity index (χ3n) is 5.69. The summed E-state index contributed by atoms with van der Waals surface area (Å²) in [6.07, 6.45) is -5.41. The van der Waals surface area contributed by atoms with Crippen LogP contribution in [-0.4, -0.2) is 53.1 Å². The van der Waals surface area contributed by atoms with E-state index >= 15 is 0 Å². The maximum absolute atomic E-state index is 14.4. The van der Waals surface area contributed by atoms with Crippen molar-refractivity contribution in [3.8, 4) is 0 Å². The lowest BCUT2D eigenvalue weighted by molar-refractivity contribution is -0.399. The molecule has 3 nitrogen and oxygen atoms in total. The maximum atomic E-state index is 14.4. The van der Waals surface area contributed by atoms with Gasteiger partial charge in [-0.1, -0.05) is 12.2 Å². The van der Waals surface area contributed by atoms with Gasteiger partial charge in [0.05, 0.1) is 5.41 Å². The molecule has 1 atom stereocenters. The molecule has 1 amide bonds. The first-order valence-electron chi connectivity index (χ1n) is 8.69. The standard InChI is InChI=1S/C18H18F9NO2/c1-10(2)28-9-14(6-4-11(29)5-7-14)13(3,12(28)30)8-15(19,20)16(21,22)17(23,24)18(25,26)27/h4-7,10H,8-9H2,1-3H3. The highest BCUT2D eigenvalue weighted by Crippen LogP contribution is 2.61. The summed E-state index contributed by atoms with van der Waals surface area (Å²) in [5.41, 5.74) is -4.31. The SMILES string of the molecule is CC(C)N1CC2(C=CC(=O)C=C2)C(C)(CC(F)(F)C(F)(F)C(F)(F)C(F)(F)F)C1=O. The Bertz CT molecular complexity index is 782. The second kappa shape index (κ2) is 6.74. The van der Waals surface area contributed by atoms with Crippen molar-refractivity contribution in [1.29, 1.82) is 0 Å². The number of halogens is 9. The summed E-state index contributed by atoms with van der Waals surface area (Å²) in [5, 5.41) is 0. The molecule has 0 aromatic heterocycles. The summed E-state index contributed by atoms with van der Waals surface area (Å²) >= 11 is 0. The van der Waals surface area contributed by atoms with Crippen LogP contribution < -0.4 is 0 Å². The summed E-state index contributed by atoms with van der Waals surface area (Å²) in [7, 11) is 0. The predicted octanol–water partition coefficient (Wildman–Crippen LogP) is 4.78. The third-order valence-corrected chi connectivity index (χ3v) is 5.69. The van der Waals surface area contributed by atoms with Crippen molar-refractivity contribution in [2.45, 2.75) is 57.2 Å². The van der Waals surface area contributed by atoms with Gasteiger partial charge < -0.3 is 4.90 Å². The molecule has 1 unspecified atom stereocenters. The van der Waals surface area contributed by atoms with Crippen molar-refractivity contribution in [2.75, 3.05) is 6.54 Å². The van der Waals surface area contributed by atoms with Gasteiger partial charge in [-0.15, -0.1) is 0 Å². The number of rotatable bonds is 5. The third kappa shape index (κ3) is 3.22. The van der Waals surface area contributed by atoms with E-state index in [1.54, 1.807) is 0 Å². The zero-order chi connectivity index (χ0) is 23.6. The highest BCUT2D eigenvalue weighted by molar-refractivity contribution is 6.01. The summed E-state index contributed by atoms with van der Waals surface area (Å²) in [4.78, 5) is 25.3. The van der Waals surface area contributed by atoms with Gasteiger partial charge >= 0.3 is 23.9 Å². The van der Waals surface area contributed by atoms with Crippen molar-refractivity contribution < 1.29 is 49.1 Å². The number of hydrogen-bond acceptors (Lipinski definition) is 2. The molecule has 0 bridgehead atoms. The van der Waals surface area contributed by atoms with Crippen LogP contribution in [0.5, 0.6) is 0 Å². The van der Waals surface area contributed by atoms with Crippen LogP contribution in [0.25, 0.3) is 0 Å². The molecule has 0 N–H and O–H groups in total. The van der Waals surface area contributed by atoms with Crippen molar-refractivity contribution in [1.82, 2.24) is 4.90 Å². The number of likely N-dealkylation sites (tertiary alicyclic amines) is 1. The van der Waals surface area contributed by atoms with Crippen molar-refractivity contribution >= 4 is 11.7 Å². The first-order valence-corrected chi connectivity index (χ1v) is 8.69. The number of ketones is 1. The molecule has 1 aliphatic carbocycles. The Balaban J connectivity index is 2.59. The van der Waals surface area contributed by atoms with Gasteiger partial charge in [-0.25, -0.2) is 0 Å². The molecule has 12 heteroatoms. The number of carbonyl (C=O) groups excluding carboxylic acids is 2. The van der Waals surface area contributed by atoms with Crippen LogP contribution >= 0.6 is 0 Å². The fourth-order valence-corrected chi connectivity index (χ4v) is 3.71. The van der Waals surface area contributed by atoms with Crippen LogP contribution in [0.1, 0.15) is 27.2 Å². The number of hydrogen-bond donors (Lipinski definition) is 0. The first kappa shape index (κ1) is 24.3. The van der Waals surface area contributed by atoms with Crippen LogP contribution in [0.3, 0.4) is 0 Å². The van der Waals surface area contributed by atoms with Gasteiger partial charge in [0.2, 0.25) is 5.91 Å². The second-order valence-electron chi connectivity index (χ2n) is 8.00. The quantitative estimate of drug-likeness (QED) is 0.565. The van der Waals surface area contributed by atoms with Gasteiger partial charge in [0.25, 0.3) is 0 Å². The minimum Gasteiger partial charge on any atom is -0.339 e. The molecule has 30 heavy (non-hydrogen) atoms. The normalized spacial score (nSPS) is 25.2. The molecule has 0 radical (unpaired) electrons. The smallest absolute Gasteiger partial charge is 0.339 e. The lowest BCUT2D eigenvalue weighted by Gasteiger charge is -2.42. The number of amides is 1. The van der Waals surface area contributed by atoms with Crippen LogP contribution in [0.4, 0.5) is 39.5 Å². The van der Waals surface area contributed by atoms with E-state index in [2.05, 4.69) is 0 Å². The van der Waals surface area contributed by atoms with E-state index in [9.17, 15) is 49.1 Å². The molecule has 0 saturated carbocycles. The zero-order valence-corrected chi connectivity index (χ0v) is 16.0. The Kier molecular flexibility index (Phi) is 5.45. The first-order chi connectivity index (χ1) is 13.3. The zero-order valence-electron chi connectivity index (χ0n) is 16.0. The summed E-state index contributed by atoms with van der Waals surface area (Å²) in [5.74, 6) is -21.5. The minimum atomic E-state index is -7.04. The molecule has 1 saturated heterocycles. The highest BCUT2D eigenvalue weighted by Gasteiger charge is 2.83. The lowest BCUT2D eigenvalue weighted by Crippen LogP contribution is -2.62. The van der Waals surface area contributed by atoms with Gasteiger partial charge in [0.15, 0.2) is 5.78 Å². The van der Waals surface area contributed by atoms with Crippen molar-refractivity contribution in [3.63, 3.8) is 0 Å². The number of carbonyl (C=O) groups is 2. The molecule has 2 rings (SSSR count). The van der Waals surface area contributed by atoms with E-state index in [-0.39, 0.29) is 6.54 Å². The molecular weight excluding hydrogens is 433 g/mol. The van der Waals surface area contributed by atoms with Gasteiger partial charge in [-0.05, 0) is 32.9 Å². The van der Waals surface area contributed by atoms with E-state index in [1.807, 2.05) is 0 Å². The number of nitrogens with zero attached hydrogens (tertiary/aromatic N) is 1. The maximum Gasteiger partial charge on any atom is 0.460 e. The highest BCUT2D eigenvalue weighted by atomic mass is 19.4. The van der Waals surface area contributed by atoms with Gasteiger partial charge in [-0.2, -0.15) is 39.5 Å². The van der Waals surface area contributed by atoms with Crippen molar-refractivity contribution in [3.05, 3.63) is 24.3 Å². The number of alkyl halides is 9. The largest absolute Gasteiger partial charge is 0.460 e. The second-order valence-corrected chi connectivity index (χ2v) is 8.00. The van der Waals surface area contributed by atoms with Gasteiger partial charge in [-0.3, -0.25) is 9.59 Å². The fourth-order valence-electron chi connectivity index (χ4n) is 3.71. The van der Waals surface area contributed by atoms with Gasteiger partial charge in [0.1, 0.15) is 0 Å². The van der Waals surface area contributed by atoms with Crippen LogP contribution in [0.2, 0.25) is 0 Å².